The van der Waals surface area contributed by atoms with Gasteiger partial charge in [0.15, 0.2) is 0 Å². The molecule has 1 saturated heterocycles. The Morgan fingerprint density at radius 2 is 1.72 bits per heavy atom. The fourth-order valence-electron chi connectivity index (χ4n) is 4.95. The normalized spacial score (nSPS) is 13.7. The lowest BCUT2D eigenvalue weighted by Crippen LogP contribution is -2.49. The number of benzene rings is 2. The Morgan fingerprint density at radius 3 is 2.33 bits per heavy atom. The number of hydrogen-bond donors (Lipinski definition) is 0. The first-order chi connectivity index (χ1) is 18.7. The van der Waals surface area contributed by atoms with Crippen LogP contribution in [-0.2, 0) is 11.3 Å². The molecule has 1 aromatic heterocycles. The summed E-state index contributed by atoms with van der Waals surface area (Å²) in [4.78, 5) is 46.0. The van der Waals surface area contributed by atoms with E-state index in [0.29, 0.717) is 65.6 Å². The second-order valence-corrected chi connectivity index (χ2v) is 10.2. The summed E-state index contributed by atoms with van der Waals surface area (Å²) in [6, 6.07) is 12.4. The van der Waals surface area contributed by atoms with Crippen LogP contribution in [0.15, 0.2) is 47.3 Å². The molecule has 0 unspecified atom stereocenters. The van der Waals surface area contributed by atoms with Gasteiger partial charge in [-0.2, -0.15) is 0 Å². The van der Waals surface area contributed by atoms with Crippen molar-refractivity contribution >= 4 is 40.1 Å². The second-order valence-electron chi connectivity index (χ2n) is 9.73. The van der Waals surface area contributed by atoms with E-state index in [9.17, 15) is 14.4 Å². The maximum atomic E-state index is 13.8. The highest BCUT2D eigenvalue weighted by Crippen LogP contribution is 2.33. The Hall–Kier alpha value is -3.56. The standard InChI is InChI=1S/C29H35ClN4O5/c1-5-39-29(37)25-26(23-19-21(30)9-12-24(23)34(28(25)36)14-6-13-31(2)3)32-15-17-33(18-16-32)27(35)20-7-10-22(38-4)11-8-20/h7-12,19H,5-6,13-18H2,1-4H3. The summed E-state index contributed by atoms with van der Waals surface area (Å²) in [6.07, 6.45) is 0.735. The molecule has 0 bridgehead atoms. The number of aromatic nitrogens is 1. The van der Waals surface area contributed by atoms with Crippen LogP contribution in [0.25, 0.3) is 10.9 Å². The van der Waals surface area contributed by atoms with Crippen LogP contribution in [0, 0.1) is 0 Å². The predicted molar refractivity (Wildman–Crippen MR) is 153 cm³/mol. The van der Waals surface area contributed by atoms with Gasteiger partial charge in [-0.3, -0.25) is 9.59 Å². The van der Waals surface area contributed by atoms with Crippen LogP contribution in [0.4, 0.5) is 5.69 Å². The molecule has 1 amide bonds. The van der Waals surface area contributed by atoms with E-state index in [4.69, 9.17) is 21.1 Å². The molecule has 4 rings (SSSR count). The lowest BCUT2D eigenvalue weighted by molar-refractivity contribution is 0.0523. The first-order valence-corrected chi connectivity index (χ1v) is 13.5. The van der Waals surface area contributed by atoms with Crippen LogP contribution in [0.5, 0.6) is 5.75 Å². The number of rotatable bonds is 9. The summed E-state index contributed by atoms with van der Waals surface area (Å²) >= 11 is 6.42. The molecule has 9 nitrogen and oxygen atoms in total. The van der Waals surface area contributed by atoms with Gasteiger partial charge in [-0.05, 0) is 76.4 Å². The lowest BCUT2D eigenvalue weighted by Gasteiger charge is -2.37. The van der Waals surface area contributed by atoms with Crippen molar-refractivity contribution in [2.24, 2.45) is 0 Å². The zero-order chi connectivity index (χ0) is 28.1. The van der Waals surface area contributed by atoms with Gasteiger partial charge in [-0.15, -0.1) is 0 Å². The average Bonchev–Trinajstić information content (AvgIpc) is 2.93. The zero-order valence-electron chi connectivity index (χ0n) is 22.9. The molecule has 3 aromatic rings. The Morgan fingerprint density at radius 1 is 1.03 bits per heavy atom. The van der Waals surface area contributed by atoms with Crippen molar-refractivity contribution in [3.05, 3.63) is 69.0 Å². The summed E-state index contributed by atoms with van der Waals surface area (Å²) < 4.78 is 12.2. The van der Waals surface area contributed by atoms with E-state index in [2.05, 4.69) is 4.90 Å². The highest BCUT2D eigenvalue weighted by atomic mass is 35.5. The summed E-state index contributed by atoms with van der Waals surface area (Å²) in [5.41, 5.74) is 1.42. The maximum Gasteiger partial charge on any atom is 0.345 e. The summed E-state index contributed by atoms with van der Waals surface area (Å²) in [5, 5.41) is 1.22. The molecule has 0 aliphatic carbocycles. The van der Waals surface area contributed by atoms with Crippen molar-refractivity contribution in [3.63, 3.8) is 0 Å². The van der Waals surface area contributed by atoms with Crippen LogP contribution in [-0.4, -0.2) is 86.8 Å². The number of aryl methyl sites for hydroxylation is 1. The lowest BCUT2D eigenvalue weighted by atomic mass is 10.1. The molecule has 0 spiro atoms. The Bertz CT molecular complexity index is 1400. The molecule has 39 heavy (non-hydrogen) atoms. The number of methoxy groups -OCH3 is 1. The summed E-state index contributed by atoms with van der Waals surface area (Å²) in [7, 11) is 5.54. The fraction of sp³-hybridized carbons (Fsp3) is 0.414. The fourth-order valence-corrected chi connectivity index (χ4v) is 5.12. The molecule has 2 heterocycles. The molecular weight excluding hydrogens is 520 g/mol. The number of amides is 1. The van der Waals surface area contributed by atoms with Gasteiger partial charge < -0.3 is 28.7 Å². The van der Waals surface area contributed by atoms with Gasteiger partial charge >= 0.3 is 5.97 Å². The van der Waals surface area contributed by atoms with Crippen molar-refractivity contribution in [1.82, 2.24) is 14.4 Å². The smallest absolute Gasteiger partial charge is 0.345 e. The van der Waals surface area contributed by atoms with Crippen LogP contribution in [0.2, 0.25) is 5.02 Å². The molecule has 208 valence electrons. The topological polar surface area (TPSA) is 84.3 Å². The largest absolute Gasteiger partial charge is 0.497 e. The van der Waals surface area contributed by atoms with Gasteiger partial charge in [0.2, 0.25) is 0 Å². The summed E-state index contributed by atoms with van der Waals surface area (Å²) in [5.74, 6) is -0.0468. The first kappa shape index (κ1) is 28.4. The zero-order valence-corrected chi connectivity index (χ0v) is 23.7. The highest BCUT2D eigenvalue weighted by molar-refractivity contribution is 6.31. The number of anilines is 1. The van der Waals surface area contributed by atoms with Gasteiger partial charge in [0, 0.05) is 48.7 Å². The van der Waals surface area contributed by atoms with Crippen LogP contribution >= 0.6 is 11.6 Å². The number of halogens is 1. The highest BCUT2D eigenvalue weighted by Gasteiger charge is 2.30. The van der Waals surface area contributed by atoms with Crippen LogP contribution in [0.3, 0.4) is 0 Å². The van der Waals surface area contributed by atoms with Gasteiger partial charge in [0.05, 0.1) is 24.9 Å². The number of pyridine rings is 1. The minimum atomic E-state index is -0.655. The Kier molecular flexibility index (Phi) is 9.14. The Labute approximate surface area is 233 Å². The number of fused-ring (bicyclic) bond motifs is 1. The molecule has 0 atom stereocenters. The third-order valence-corrected chi connectivity index (χ3v) is 7.12. The van der Waals surface area contributed by atoms with Crippen molar-refractivity contribution in [2.75, 3.05) is 65.4 Å². The molecule has 2 aromatic carbocycles. The number of ether oxygens (including phenoxy) is 2. The van der Waals surface area contributed by atoms with E-state index in [1.54, 1.807) is 59.9 Å². The quantitative estimate of drug-likeness (QED) is 0.372. The minimum absolute atomic E-state index is 0.00593. The average molecular weight is 555 g/mol. The van der Waals surface area contributed by atoms with Crippen molar-refractivity contribution in [2.45, 2.75) is 19.9 Å². The summed E-state index contributed by atoms with van der Waals surface area (Å²) in [6.45, 7) is 4.86. The van der Waals surface area contributed by atoms with Gasteiger partial charge in [0.25, 0.3) is 11.5 Å². The van der Waals surface area contributed by atoms with E-state index in [0.717, 1.165) is 13.0 Å². The maximum absolute atomic E-state index is 13.8. The molecule has 1 aliphatic heterocycles. The molecule has 1 aliphatic rings. The molecule has 0 N–H and O–H groups in total. The number of hydrogen-bond acceptors (Lipinski definition) is 7. The van der Waals surface area contributed by atoms with Crippen LogP contribution < -0.4 is 15.2 Å². The van der Waals surface area contributed by atoms with E-state index in [-0.39, 0.29) is 23.6 Å². The second kappa shape index (κ2) is 12.5. The Balaban J connectivity index is 1.71. The van der Waals surface area contributed by atoms with Crippen molar-refractivity contribution in [3.8, 4) is 5.75 Å². The van der Waals surface area contributed by atoms with E-state index >= 15 is 0 Å². The van der Waals surface area contributed by atoms with Gasteiger partial charge in [-0.25, -0.2) is 4.79 Å². The van der Waals surface area contributed by atoms with Gasteiger partial charge in [-0.1, -0.05) is 11.6 Å². The van der Waals surface area contributed by atoms with E-state index < -0.39 is 5.97 Å². The third kappa shape index (κ3) is 6.20. The number of carbonyl (C=O) groups is 2. The minimum Gasteiger partial charge on any atom is -0.497 e. The number of carbonyl (C=O) groups excluding carboxylic acids is 2. The number of esters is 1. The SMILES string of the molecule is CCOC(=O)c1c(N2CCN(C(=O)c3ccc(OC)cc3)CC2)c2cc(Cl)ccc2n(CCCN(C)C)c1=O. The molecule has 0 radical (unpaired) electrons. The monoisotopic (exact) mass is 554 g/mol. The van der Waals surface area contributed by atoms with E-state index in [1.807, 2.05) is 25.1 Å². The predicted octanol–water partition coefficient (Wildman–Crippen LogP) is 3.75. The van der Waals surface area contributed by atoms with Crippen molar-refractivity contribution in [1.29, 1.82) is 0 Å². The first-order valence-electron chi connectivity index (χ1n) is 13.1. The molecule has 0 saturated carbocycles. The van der Waals surface area contributed by atoms with Crippen molar-refractivity contribution < 1.29 is 19.1 Å². The number of nitrogens with zero attached hydrogens (tertiary/aromatic N) is 4. The number of piperazine rings is 1. The van der Waals surface area contributed by atoms with E-state index in [1.165, 1.54) is 0 Å². The third-order valence-electron chi connectivity index (χ3n) is 6.89. The molecule has 10 heteroatoms. The molecule has 1 fully saturated rings. The van der Waals surface area contributed by atoms with Crippen LogP contribution in [0.1, 0.15) is 34.1 Å². The van der Waals surface area contributed by atoms with Gasteiger partial charge in [0.1, 0.15) is 11.3 Å². The molecular formula is C29H35ClN4O5.